The number of hydrogen-bond acceptors (Lipinski definition) is 11. The first-order chi connectivity index (χ1) is 22.3. The Labute approximate surface area is 268 Å². The molecule has 0 spiro atoms. The lowest BCUT2D eigenvalue weighted by molar-refractivity contribution is 0.154. The minimum absolute atomic E-state index is 0.218. The lowest BCUT2D eigenvalue weighted by Gasteiger charge is -2.38. The fourth-order valence-electron chi connectivity index (χ4n) is 12.7. The summed E-state index contributed by atoms with van der Waals surface area (Å²) in [6.45, 7) is 0. The van der Waals surface area contributed by atoms with E-state index in [-0.39, 0.29) is 12.3 Å². The molecule has 5 aliphatic heterocycles. The van der Waals surface area contributed by atoms with Crippen molar-refractivity contribution in [2.75, 3.05) is 0 Å². The van der Waals surface area contributed by atoms with E-state index in [2.05, 4.69) is 52.9 Å². The molecule has 1 aromatic heterocycles. The van der Waals surface area contributed by atoms with Gasteiger partial charge in [-0.3, -0.25) is 42.5 Å². The third-order valence-electron chi connectivity index (χ3n) is 14.6. The summed E-state index contributed by atoms with van der Waals surface area (Å²) in [5, 5.41) is 42.2. The van der Waals surface area contributed by atoms with E-state index in [1.165, 1.54) is 89.9 Å². The highest BCUT2D eigenvalue weighted by molar-refractivity contribution is 5.14. The van der Waals surface area contributed by atoms with Crippen molar-refractivity contribution in [2.45, 2.75) is 152 Å². The van der Waals surface area contributed by atoms with Crippen LogP contribution in [0.4, 0.5) is 0 Å². The predicted molar refractivity (Wildman–Crippen MR) is 170 cm³/mol. The van der Waals surface area contributed by atoms with Crippen LogP contribution in [-0.2, 0) is 0 Å². The van der Waals surface area contributed by atoms with Gasteiger partial charge in [-0.1, -0.05) is 44.9 Å². The summed E-state index contributed by atoms with van der Waals surface area (Å²) >= 11 is 0. The SMILES string of the molecule is c1onnc1C1CCCC2C3NC4NC(NC5NC(NC6NC(NC(N3)C12)C1CCCCC61)C1CCCCC51)C1CCCCC41. The topological polar surface area (TPSA) is 135 Å². The van der Waals surface area contributed by atoms with Crippen LogP contribution in [0, 0.1) is 47.3 Å². The second-order valence-corrected chi connectivity index (χ2v) is 16.6. The molecule has 0 aromatic carbocycles. The zero-order valence-corrected chi connectivity index (χ0v) is 26.8. The Bertz CT molecular complexity index is 1180. The highest BCUT2D eigenvalue weighted by Crippen LogP contribution is 2.49. The average molecular weight is 621 g/mol. The Hall–Kier alpha value is -1.18. The second kappa shape index (κ2) is 11.8. The zero-order valence-electron chi connectivity index (χ0n) is 26.8. The smallest absolute Gasteiger partial charge is 0.147 e. The van der Waals surface area contributed by atoms with Gasteiger partial charge in [-0.2, -0.15) is 0 Å². The van der Waals surface area contributed by atoms with E-state index < -0.39 is 0 Å². The summed E-state index contributed by atoms with van der Waals surface area (Å²) in [5.41, 5.74) is 1.04. The van der Waals surface area contributed by atoms with Gasteiger partial charge in [0.15, 0.2) is 0 Å². The van der Waals surface area contributed by atoms with E-state index in [1.54, 1.807) is 0 Å². The van der Waals surface area contributed by atoms with Gasteiger partial charge in [0.2, 0.25) is 0 Å². The average Bonchev–Trinajstić information content (AvgIpc) is 3.91. The van der Waals surface area contributed by atoms with E-state index in [9.17, 15) is 0 Å². The molecule has 9 aliphatic rings. The van der Waals surface area contributed by atoms with E-state index in [0.29, 0.717) is 90.3 Å². The maximum atomic E-state index is 5.32. The lowest BCUT2D eigenvalue weighted by Crippen LogP contribution is -2.61. The molecule has 5 saturated heterocycles. The third-order valence-corrected chi connectivity index (χ3v) is 14.6. The highest BCUT2D eigenvalue weighted by atomic mass is 16.5. The number of aromatic nitrogens is 2. The Morgan fingerprint density at radius 1 is 0.422 bits per heavy atom. The summed E-state index contributed by atoms with van der Waals surface area (Å²) in [7, 11) is 0. The number of nitrogens with zero attached hydrogens (tertiary/aromatic N) is 2. The van der Waals surface area contributed by atoms with Gasteiger partial charge in [0.1, 0.15) is 12.0 Å². The minimum atomic E-state index is 0.218. The van der Waals surface area contributed by atoms with E-state index >= 15 is 0 Å². The summed E-state index contributed by atoms with van der Waals surface area (Å²) in [6.07, 6.45) is 24.3. The molecule has 4 aliphatic carbocycles. The highest BCUT2D eigenvalue weighted by Gasteiger charge is 2.56. The molecule has 17 unspecified atom stereocenters. The molecule has 248 valence electrons. The Kier molecular flexibility index (Phi) is 7.52. The maximum Gasteiger partial charge on any atom is 0.147 e. The molecule has 8 bridgehead atoms. The van der Waals surface area contributed by atoms with Crippen molar-refractivity contribution in [3.8, 4) is 0 Å². The molecule has 9 fully saturated rings. The van der Waals surface area contributed by atoms with Crippen LogP contribution in [0.1, 0.15) is 108 Å². The van der Waals surface area contributed by atoms with Crippen molar-refractivity contribution in [1.82, 2.24) is 52.9 Å². The molecule has 45 heavy (non-hydrogen) atoms. The van der Waals surface area contributed by atoms with E-state index in [4.69, 9.17) is 4.52 Å². The zero-order chi connectivity index (χ0) is 29.5. The van der Waals surface area contributed by atoms with Crippen molar-refractivity contribution in [1.29, 1.82) is 0 Å². The van der Waals surface area contributed by atoms with Gasteiger partial charge in [0, 0.05) is 17.1 Å². The van der Waals surface area contributed by atoms with Gasteiger partial charge in [-0.15, -0.1) is 5.10 Å². The monoisotopic (exact) mass is 620 g/mol. The van der Waals surface area contributed by atoms with Crippen LogP contribution in [0.15, 0.2) is 10.8 Å². The molecule has 0 radical (unpaired) electrons. The van der Waals surface area contributed by atoms with Crippen LogP contribution in [-0.4, -0.2) is 59.7 Å². The maximum absolute atomic E-state index is 5.32. The summed E-state index contributed by atoms with van der Waals surface area (Å²) in [4.78, 5) is 0. The van der Waals surface area contributed by atoms with Gasteiger partial charge in [0.25, 0.3) is 0 Å². The second-order valence-electron chi connectivity index (χ2n) is 16.6. The molecular weight excluding hydrogens is 564 g/mol. The number of hydrogen-bond donors (Lipinski definition) is 8. The molecule has 0 amide bonds. The Balaban J connectivity index is 1.01. The number of fused-ring (bicyclic) bond motifs is 20. The third kappa shape index (κ3) is 4.89. The van der Waals surface area contributed by atoms with Gasteiger partial charge in [-0.25, -0.2) is 0 Å². The number of nitrogens with one attached hydrogen (secondary N) is 8. The predicted octanol–water partition coefficient (Wildman–Crippen LogP) is 2.38. The fourth-order valence-corrected chi connectivity index (χ4v) is 12.7. The lowest BCUT2D eigenvalue weighted by atomic mass is 9.70. The standard InChI is InChI=1S/C34H56N10O/c1-2-9-18-17(8-1)27-35-28(18)37-30-21-12-5-6-13-22(21)32(39-30)41-34-26-23(25-16-45-44-43-25)14-7-15-24(26)33(42-34)40-31-20-11-4-3-10-19(20)29(36-27)38-31/h16-24,26-42H,1-15H2. The van der Waals surface area contributed by atoms with E-state index in [1.807, 2.05) is 6.26 Å². The molecule has 11 heteroatoms. The molecule has 10 rings (SSSR count). The van der Waals surface area contributed by atoms with Gasteiger partial charge in [-0.05, 0) is 92.8 Å². The van der Waals surface area contributed by atoms with Crippen LogP contribution in [0.25, 0.3) is 0 Å². The van der Waals surface area contributed by atoms with Gasteiger partial charge >= 0.3 is 0 Å². The van der Waals surface area contributed by atoms with Crippen LogP contribution >= 0.6 is 0 Å². The Morgan fingerprint density at radius 3 is 1.16 bits per heavy atom. The molecule has 17 atom stereocenters. The molecule has 1 aromatic rings. The van der Waals surface area contributed by atoms with Gasteiger partial charge in [0.05, 0.1) is 49.3 Å². The first kappa shape index (κ1) is 28.8. The van der Waals surface area contributed by atoms with Gasteiger partial charge < -0.3 is 4.52 Å². The molecule has 11 nitrogen and oxygen atoms in total. The minimum Gasteiger partial charge on any atom is -0.345 e. The number of rotatable bonds is 1. The molecule has 8 N–H and O–H groups in total. The fraction of sp³-hybridized carbons (Fsp3) is 0.941. The van der Waals surface area contributed by atoms with Crippen LogP contribution < -0.4 is 42.5 Å². The van der Waals surface area contributed by atoms with Crippen LogP contribution in [0.3, 0.4) is 0 Å². The first-order valence-corrected chi connectivity index (χ1v) is 19.1. The first-order valence-electron chi connectivity index (χ1n) is 19.1. The molecular formula is C34H56N10O. The molecule has 6 heterocycles. The van der Waals surface area contributed by atoms with Crippen molar-refractivity contribution in [2.24, 2.45) is 47.3 Å². The van der Waals surface area contributed by atoms with E-state index in [0.717, 1.165) is 12.1 Å². The van der Waals surface area contributed by atoms with Crippen molar-refractivity contribution in [3.63, 3.8) is 0 Å². The summed E-state index contributed by atoms with van der Waals surface area (Å²) in [5.74, 6) is 5.48. The van der Waals surface area contributed by atoms with Crippen molar-refractivity contribution < 1.29 is 4.52 Å². The van der Waals surface area contributed by atoms with Crippen molar-refractivity contribution in [3.05, 3.63) is 12.0 Å². The summed E-state index contributed by atoms with van der Waals surface area (Å²) in [6, 6.07) is 0. The largest absolute Gasteiger partial charge is 0.345 e. The molecule has 4 saturated carbocycles. The van der Waals surface area contributed by atoms with Crippen LogP contribution in [0.5, 0.6) is 0 Å². The quantitative estimate of drug-likeness (QED) is 0.235. The Morgan fingerprint density at radius 2 is 0.778 bits per heavy atom. The van der Waals surface area contributed by atoms with Crippen molar-refractivity contribution >= 4 is 0 Å². The normalized spacial score (nSPS) is 54.2. The van der Waals surface area contributed by atoms with Crippen LogP contribution in [0.2, 0.25) is 0 Å². The summed E-state index contributed by atoms with van der Waals surface area (Å²) < 4.78 is 5.32.